The molecule has 0 saturated heterocycles. The number of anilines is 6. The molecule has 0 radical (unpaired) electrons. The summed E-state index contributed by atoms with van der Waals surface area (Å²) in [6, 6.07) is 64.8. The van der Waals surface area contributed by atoms with E-state index in [1.54, 1.807) is 0 Å². The molecule has 5 heteroatoms. The smallest absolute Gasteiger partial charge is 0.0991 e. The van der Waals surface area contributed by atoms with E-state index in [1.807, 2.05) is 60.7 Å². The first-order valence-corrected chi connectivity index (χ1v) is 16.8. The summed E-state index contributed by atoms with van der Waals surface area (Å²) in [4.78, 5) is 4.50. The molecule has 9 rings (SSSR count). The number of nitriles is 2. The average Bonchev–Trinajstić information content (AvgIpc) is 3.53. The van der Waals surface area contributed by atoms with Gasteiger partial charge in [-0.25, -0.2) is 0 Å². The van der Waals surface area contributed by atoms with Gasteiger partial charge in [0.25, 0.3) is 0 Å². The van der Waals surface area contributed by atoms with Gasteiger partial charge in [0.2, 0.25) is 0 Å². The van der Waals surface area contributed by atoms with E-state index in [0.717, 1.165) is 61.6 Å². The van der Waals surface area contributed by atoms with E-state index in [-0.39, 0.29) is 0 Å². The molecule has 0 saturated carbocycles. The van der Waals surface area contributed by atoms with Crippen LogP contribution in [0.1, 0.15) is 11.1 Å². The van der Waals surface area contributed by atoms with Crippen LogP contribution in [0.15, 0.2) is 176 Å². The van der Waals surface area contributed by atoms with Crippen molar-refractivity contribution < 1.29 is 0 Å². The molecule has 1 aromatic heterocycles. The molecule has 0 bridgehead atoms. The monoisotopic (exact) mass is 651 g/mol. The quantitative estimate of drug-likeness (QED) is 0.161. The lowest BCUT2D eigenvalue weighted by atomic mass is 10.00. The Hall–Kier alpha value is -7.34. The first-order chi connectivity index (χ1) is 25.2. The van der Waals surface area contributed by atoms with E-state index in [0.29, 0.717) is 11.1 Å². The van der Waals surface area contributed by atoms with Crippen LogP contribution in [0.25, 0.3) is 38.3 Å². The third kappa shape index (κ3) is 5.09. The fraction of sp³-hybridized carbons (Fsp3) is 0. The van der Waals surface area contributed by atoms with Crippen molar-refractivity contribution in [1.29, 1.82) is 10.5 Å². The summed E-state index contributed by atoms with van der Waals surface area (Å²) in [6.45, 7) is 0. The lowest BCUT2D eigenvalue weighted by Crippen LogP contribution is -2.10. The van der Waals surface area contributed by atoms with Gasteiger partial charge in [0, 0.05) is 50.6 Å². The highest BCUT2D eigenvalue weighted by molar-refractivity contribution is 6.26. The molecule has 0 spiro atoms. The summed E-state index contributed by atoms with van der Waals surface area (Å²) >= 11 is 0. The van der Waals surface area contributed by atoms with Gasteiger partial charge in [-0.15, -0.1) is 0 Å². The average molecular weight is 652 g/mol. The summed E-state index contributed by atoms with van der Waals surface area (Å²) in [5.74, 6) is 0. The molecule has 0 aliphatic heterocycles. The molecule has 51 heavy (non-hydrogen) atoms. The van der Waals surface area contributed by atoms with E-state index >= 15 is 0 Å². The first kappa shape index (κ1) is 29.8. The number of hydrogen-bond donors (Lipinski definition) is 0. The molecule has 0 N–H and O–H groups in total. The molecule has 8 aromatic carbocycles. The van der Waals surface area contributed by atoms with E-state index in [9.17, 15) is 10.5 Å². The molecule has 0 unspecified atom stereocenters. The molecular weight excluding hydrogens is 623 g/mol. The minimum absolute atomic E-state index is 0.623. The van der Waals surface area contributed by atoms with Crippen molar-refractivity contribution in [3.8, 4) is 17.8 Å². The fourth-order valence-corrected chi connectivity index (χ4v) is 7.27. The molecule has 1 heterocycles. The van der Waals surface area contributed by atoms with Crippen LogP contribution in [-0.4, -0.2) is 4.57 Å². The van der Waals surface area contributed by atoms with Crippen LogP contribution in [0.2, 0.25) is 0 Å². The van der Waals surface area contributed by atoms with Crippen LogP contribution in [0.4, 0.5) is 34.1 Å². The van der Waals surface area contributed by atoms with Crippen LogP contribution < -0.4 is 9.80 Å². The van der Waals surface area contributed by atoms with Gasteiger partial charge >= 0.3 is 0 Å². The Morgan fingerprint density at radius 2 is 0.745 bits per heavy atom. The Morgan fingerprint density at radius 3 is 1.14 bits per heavy atom. The van der Waals surface area contributed by atoms with Crippen molar-refractivity contribution in [2.24, 2.45) is 0 Å². The number of rotatable bonds is 7. The molecule has 0 fully saturated rings. The number of hydrogen-bond acceptors (Lipinski definition) is 4. The fourth-order valence-electron chi connectivity index (χ4n) is 7.27. The molecule has 9 aromatic rings. The Balaban J connectivity index is 1.33. The highest BCUT2D eigenvalue weighted by Gasteiger charge is 2.23. The van der Waals surface area contributed by atoms with Gasteiger partial charge < -0.3 is 14.4 Å². The Morgan fingerprint density at radius 1 is 0.373 bits per heavy atom. The normalized spacial score (nSPS) is 11.1. The summed E-state index contributed by atoms with van der Waals surface area (Å²) in [5, 5.41) is 23.7. The van der Waals surface area contributed by atoms with Crippen LogP contribution >= 0.6 is 0 Å². The predicted octanol–water partition coefficient (Wildman–Crippen LogP) is 12.1. The SMILES string of the molecule is N#Cc1ccc(N(c2ccccc2)c2cc3ccc4cc(N(c5ccccc5)c5ccc(C#N)cc5)cc5c4c3c(c2)n5-c2ccccc2)cc1. The number of benzene rings is 8. The zero-order chi connectivity index (χ0) is 34.3. The van der Waals surface area contributed by atoms with Crippen molar-refractivity contribution in [3.05, 3.63) is 187 Å². The van der Waals surface area contributed by atoms with E-state index in [1.165, 1.54) is 10.8 Å². The molecule has 0 atom stereocenters. The van der Waals surface area contributed by atoms with Crippen molar-refractivity contribution in [1.82, 2.24) is 4.57 Å². The van der Waals surface area contributed by atoms with Crippen LogP contribution in [0.3, 0.4) is 0 Å². The molecule has 0 aliphatic carbocycles. The zero-order valence-corrected chi connectivity index (χ0v) is 27.5. The molecule has 0 aliphatic rings. The summed E-state index contributed by atoms with van der Waals surface area (Å²) in [5.41, 5.74) is 10.6. The maximum Gasteiger partial charge on any atom is 0.0991 e. The molecule has 5 nitrogen and oxygen atoms in total. The topological polar surface area (TPSA) is 59.0 Å². The molecule has 238 valence electrons. The first-order valence-electron chi connectivity index (χ1n) is 16.8. The van der Waals surface area contributed by atoms with Crippen molar-refractivity contribution in [2.75, 3.05) is 9.80 Å². The van der Waals surface area contributed by atoms with Gasteiger partial charge in [-0.1, -0.05) is 66.7 Å². The van der Waals surface area contributed by atoms with Gasteiger partial charge in [0.05, 0.1) is 34.3 Å². The number of para-hydroxylation sites is 3. The largest absolute Gasteiger partial charge is 0.310 e. The van der Waals surface area contributed by atoms with Gasteiger partial charge in [-0.3, -0.25) is 0 Å². The number of nitrogens with zero attached hydrogens (tertiary/aromatic N) is 5. The minimum Gasteiger partial charge on any atom is -0.310 e. The lowest BCUT2D eigenvalue weighted by Gasteiger charge is -2.26. The maximum absolute atomic E-state index is 9.52. The summed E-state index contributed by atoms with van der Waals surface area (Å²) in [7, 11) is 0. The lowest BCUT2D eigenvalue weighted by molar-refractivity contribution is 1.17. The minimum atomic E-state index is 0.623. The standard InChI is InChI=1S/C46H29N5/c47-30-32-16-22-39(23-17-32)49(36-10-4-1-5-11-36)41-26-34-20-21-35-27-42(50(37-12-6-2-7-13-37)40-24-18-33(31-48)19-25-40)29-44-46(35)45(34)43(28-41)51(44)38-14-8-3-9-15-38/h1-29H. The summed E-state index contributed by atoms with van der Waals surface area (Å²) in [6.07, 6.45) is 0. The van der Waals surface area contributed by atoms with Crippen molar-refractivity contribution in [2.45, 2.75) is 0 Å². The Labute approximate surface area is 295 Å². The van der Waals surface area contributed by atoms with E-state index in [2.05, 4.69) is 142 Å². The maximum atomic E-state index is 9.52. The highest BCUT2D eigenvalue weighted by atomic mass is 15.2. The second-order valence-electron chi connectivity index (χ2n) is 12.5. The second kappa shape index (κ2) is 12.3. The van der Waals surface area contributed by atoms with Crippen molar-refractivity contribution in [3.63, 3.8) is 0 Å². The third-order valence-corrected chi connectivity index (χ3v) is 9.51. The van der Waals surface area contributed by atoms with Crippen LogP contribution in [0.5, 0.6) is 0 Å². The zero-order valence-electron chi connectivity index (χ0n) is 27.5. The predicted molar refractivity (Wildman–Crippen MR) is 208 cm³/mol. The van der Waals surface area contributed by atoms with E-state index in [4.69, 9.17) is 0 Å². The molecule has 0 amide bonds. The van der Waals surface area contributed by atoms with Gasteiger partial charge in [0.1, 0.15) is 0 Å². The Kier molecular flexibility index (Phi) is 7.17. The number of aromatic nitrogens is 1. The summed E-state index contributed by atoms with van der Waals surface area (Å²) < 4.78 is 2.38. The highest BCUT2D eigenvalue weighted by Crippen LogP contribution is 2.46. The Bertz CT molecular complexity index is 2570. The van der Waals surface area contributed by atoms with Crippen LogP contribution in [-0.2, 0) is 0 Å². The van der Waals surface area contributed by atoms with Gasteiger partial charge in [-0.2, -0.15) is 10.5 Å². The van der Waals surface area contributed by atoms with Crippen molar-refractivity contribution >= 4 is 66.7 Å². The van der Waals surface area contributed by atoms with Gasteiger partial charge in [-0.05, 0) is 120 Å². The van der Waals surface area contributed by atoms with Gasteiger partial charge in [0.15, 0.2) is 0 Å². The van der Waals surface area contributed by atoms with Crippen LogP contribution in [0, 0.1) is 22.7 Å². The second-order valence-corrected chi connectivity index (χ2v) is 12.5. The molecular formula is C46H29N5. The van der Waals surface area contributed by atoms with E-state index < -0.39 is 0 Å². The third-order valence-electron chi connectivity index (χ3n) is 9.51.